The summed E-state index contributed by atoms with van der Waals surface area (Å²) in [6, 6.07) is 18.5. The van der Waals surface area contributed by atoms with Crippen molar-refractivity contribution in [1.29, 1.82) is 0 Å². The number of benzene rings is 3. The topological polar surface area (TPSA) is 67.8 Å². The largest absolute Gasteiger partial charge is 0.490 e. The Kier molecular flexibility index (Phi) is 7.20. The first kappa shape index (κ1) is 21.5. The number of carbonyl (C=O) groups is 1. The Morgan fingerprint density at radius 2 is 1.80 bits per heavy atom. The number of anilines is 1. The van der Waals surface area contributed by atoms with E-state index in [1.165, 1.54) is 5.56 Å². The van der Waals surface area contributed by atoms with Crippen molar-refractivity contribution in [3.8, 4) is 11.5 Å². The lowest BCUT2D eigenvalue weighted by Gasteiger charge is -2.16. The molecule has 5 nitrogen and oxygen atoms in total. The Morgan fingerprint density at radius 1 is 1.03 bits per heavy atom. The second kappa shape index (κ2) is 10.0. The van der Waals surface area contributed by atoms with Crippen LogP contribution >= 0.6 is 11.6 Å². The lowest BCUT2D eigenvalue weighted by Crippen LogP contribution is -2.04. The molecule has 0 aliphatic heterocycles. The van der Waals surface area contributed by atoms with Gasteiger partial charge in [0.1, 0.15) is 6.61 Å². The van der Waals surface area contributed by atoms with Crippen LogP contribution in [0.1, 0.15) is 34.0 Å². The first-order valence-electron chi connectivity index (χ1n) is 9.67. The summed E-state index contributed by atoms with van der Waals surface area (Å²) in [7, 11) is 0. The Morgan fingerprint density at radius 3 is 2.50 bits per heavy atom. The number of halogens is 1. The van der Waals surface area contributed by atoms with E-state index in [4.69, 9.17) is 26.2 Å². The number of ether oxygens (including phenoxy) is 2. The average Bonchev–Trinajstić information content (AvgIpc) is 2.73. The molecule has 0 fully saturated rings. The van der Waals surface area contributed by atoms with E-state index in [0.29, 0.717) is 42.0 Å². The van der Waals surface area contributed by atoms with E-state index in [1.807, 2.05) is 56.3 Å². The zero-order valence-corrected chi connectivity index (χ0v) is 17.7. The van der Waals surface area contributed by atoms with Gasteiger partial charge in [-0.1, -0.05) is 47.5 Å². The fourth-order valence-corrected chi connectivity index (χ4v) is 3.22. The Bertz CT molecular complexity index is 1020. The first-order chi connectivity index (χ1) is 14.5. The minimum absolute atomic E-state index is 0.230. The number of rotatable bonds is 9. The van der Waals surface area contributed by atoms with Crippen LogP contribution in [0.25, 0.3) is 0 Å². The molecule has 0 aliphatic rings. The lowest BCUT2D eigenvalue weighted by molar-refractivity contribution is 0.0697. The highest BCUT2D eigenvalue weighted by Crippen LogP contribution is 2.37. The molecule has 3 rings (SSSR count). The summed E-state index contributed by atoms with van der Waals surface area (Å²) in [5.74, 6) is 0.124. The van der Waals surface area contributed by atoms with Gasteiger partial charge in [-0.3, -0.25) is 0 Å². The molecule has 2 N–H and O–H groups in total. The molecule has 0 amide bonds. The third-order valence-corrected chi connectivity index (χ3v) is 4.76. The van der Waals surface area contributed by atoms with Crippen molar-refractivity contribution in [1.82, 2.24) is 0 Å². The lowest BCUT2D eigenvalue weighted by atomic mass is 10.1. The van der Waals surface area contributed by atoms with Crippen LogP contribution in [0.4, 0.5) is 5.69 Å². The second-order valence-corrected chi connectivity index (χ2v) is 7.26. The summed E-state index contributed by atoms with van der Waals surface area (Å²) in [6.07, 6.45) is 0. The molecule has 0 aliphatic carbocycles. The van der Waals surface area contributed by atoms with E-state index in [-0.39, 0.29) is 5.56 Å². The molecule has 0 spiro atoms. The molecule has 0 unspecified atom stereocenters. The molecule has 0 radical (unpaired) electrons. The minimum Gasteiger partial charge on any atom is -0.490 e. The molecular formula is C24H24ClNO4. The van der Waals surface area contributed by atoms with Crippen LogP contribution in [0.5, 0.6) is 11.5 Å². The van der Waals surface area contributed by atoms with Crippen LogP contribution in [-0.2, 0) is 13.2 Å². The van der Waals surface area contributed by atoms with Gasteiger partial charge in [-0.15, -0.1) is 0 Å². The molecule has 3 aromatic rings. The van der Waals surface area contributed by atoms with E-state index in [1.54, 1.807) is 18.2 Å². The van der Waals surface area contributed by atoms with Crippen LogP contribution in [-0.4, -0.2) is 17.7 Å². The van der Waals surface area contributed by atoms with Crippen LogP contribution in [0, 0.1) is 6.92 Å². The van der Waals surface area contributed by atoms with Gasteiger partial charge in [0.2, 0.25) is 0 Å². The van der Waals surface area contributed by atoms with E-state index in [9.17, 15) is 4.79 Å². The van der Waals surface area contributed by atoms with Crippen molar-refractivity contribution in [2.45, 2.75) is 27.0 Å². The molecule has 0 heterocycles. The van der Waals surface area contributed by atoms with E-state index < -0.39 is 5.97 Å². The van der Waals surface area contributed by atoms with Crippen molar-refractivity contribution in [3.05, 3.63) is 87.9 Å². The third kappa shape index (κ3) is 5.67. The normalized spacial score (nSPS) is 10.5. The third-order valence-electron chi connectivity index (χ3n) is 4.48. The predicted molar refractivity (Wildman–Crippen MR) is 119 cm³/mol. The summed E-state index contributed by atoms with van der Waals surface area (Å²) in [5.41, 5.74) is 4.07. The fraction of sp³-hybridized carbons (Fsp3) is 0.208. The van der Waals surface area contributed by atoms with Gasteiger partial charge in [0.25, 0.3) is 0 Å². The highest BCUT2D eigenvalue weighted by Gasteiger charge is 2.13. The van der Waals surface area contributed by atoms with Crippen molar-refractivity contribution in [2.24, 2.45) is 0 Å². The fourth-order valence-electron chi connectivity index (χ4n) is 2.93. The minimum atomic E-state index is -0.963. The predicted octanol–water partition coefficient (Wildman–Crippen LogP) is 5.94. The number of carboxylic acids is 1. The smallest absolute Gasteiger partial charge is 0.335 e. The Balaban J connectivity index is 1.74. The van der Waals surface area contributed by atoms with Crippen molar-refractivity contribution < 1.29 is 19.4 Å². The number of carboxylic acid groups (broad SMARTS) is 1. The van der Waals surface area contributed by atoms with Crippen molar-refractivity contribution in [2.75, 3.05) is 11.9 Å². The summed E-state index contributed by atoms with van der Waals surface area (Å²) < 4.78 is 11.7. The maximum absolute atomic E-state index is 11.1. The van der Waals surface area contributed by atoms with Gasteiger partial charge >= 0.3 is 5.97 Å². The van der Waals surface area contributed by atoms with Crippen LogP contribution in [0.15, 0.2) is 60.7 Å². The van der Waals surface area contributed by atoms with Crippen LogP contribution in [0.3, 0.4) is 0 Å². The maximum atomic E-state index is 11.1. The molecular weight excluding hydrogens is 402 g/mol. The van der Waals surface area contributed by atoms with Gasteiger partial charge in [0, 0.05) is 12.2 Å². The highest BCUT2D eigenvalue weighted by atomic mass is 35.5. The zero-order chi connectivity index (χ0) is 21.5. The molecule has 30 heavy (non-hydrogen) atoms. The Labute approximate surface area is 181 Å². The summed E-state index contributed by atoms with van der Waals surface area (Å²) >= 11 is 6.50. The second-order valence-electron chi connectivity index (χ2n) is 6.85. The highest BCUT2D eigenvalue weighted by molar-refractivity contribution is 6.32. The average molecular weight is 426 g/mol. The maximum Gasteiger partial charge on any atom is 0.335 e. The molecule has 3 aromatic carbocycles. The van der Waals surface area contributed by atoms with Gasteiger partial charge in [-0.25, -0.2) is 4.79 Å². The SMILES string of the molecule is CCOc1cc(CNc2cccc(C(=O)O)c2)cc(Cl)c1OCc1ccc(C)cc1. The summed E-state index contributed by atoms with van der Waals surface area (Å²) in [6.45, 7) is 5.27. The quantitative estimate of drug-likeness (QED) is 0.444. The number of hydrogen-bond acceptors (Lipinski definition) is 4. The van der Waals surface area contributed by atoms with Crippen molar-refractivity contribution >= 4 is 23.3 Å². The molecule has 0 atom stereocenters. The van der Waals surface area contributed by atoms with Gasteiger partial charge in [0.15, 0.2) is 11.5 Å². The first-order valence-corrected chi connectivity index (χ1v) is 10.0. The van der Waals surface area contributed by atoms with Crippen LogP contribution < -0.4 is 14.8 Å². The molecule has 6 heteroatoms. The summed E-state index contributed by atoms with van der Waals surface area (Å²) in [4.78, 5) is 11.1. The van der Waals surface area contributed by atoms with E-state index in [0.717, 1.165) is 11.1 Å². The van der Waals surface area contributed by atoms with Gasteiger partial charge in [-0.2, -0.15) is 0 Å². The number of nitrogens with one attached hydrogen (secondary N) is 1. The van der Waals surface area contributed by atoms with Gasteiger partial charge in [0.05, 0.1) is 17.2 Å². The Hall–Kier alpha value is -3.18. The van der Waals surface area contributed by atoms with Crippen LogP contribution in [0.2, 0.25) is 5.02 Å². The zero-order valence-electron chi connectivity index (χ0n) is 16.9. The summed E-state index contributed by atoms with van der Waals surface area (Å²) in [5, 5.41) is 12.8. The molecule has 0 bridgehead atoms. The number of hydrogen-bond donors (Lipinski definition) is 2. The molecule has 0 saturated carbocycles. The number of aromatic carboxylic acids is 1. The molecule has 156 valence electrons. The van der Waals surface area contributed by atoms with E-state index in [2.05, 4.69) is 5.32 Å². The van der Waals surface area contributed by atoms with Gasteiger partial charge in [-0.05, 0) is 55.3 Å². The number of aryl methyl sites for hydroxylation is 1. The van der Waals surface area contributed by atoms with E-state index >= 15 is 0 Å². The standard InChI is InChI=1S/C24H24ClNO4/c1-3-29-22-12-18(14-26-20-6-4-5-19(13-20)24(27)28)11-21(25)23(22)30-15-17-9-7-16(2)8-10-17/h4-13,26H,3,14-15H2,1-2H3,(H,27,28). The molecule has 0 saturated heterocycles. The molecule has 0 aromatic heterocycles. The van der Waals surface area contributed by atoms with Gasteiger partial charge < -0.3 is 19.9 Å². The van der Waals surface area contributed by atoms with Crippen molar-refractivity contribution in [3.63, 3.8) is 0 Å². The monoisotopic (exact) mass is 425 g/mol.